The monoisotopic (exact) mass is 244 g/mol. The number of halogens is 1. The van der Waals surface area contributed by atoms with Crippen LogP contribution in [-0.4, -0.2) is 11.2 Å². The summed E-state index contributed by atoms with van der Waals surface area (Å²) in [6, 6.07) is 2.01. The van der Waals surface area contributed by atoms with Gasteiger partial charge in [-0.05, 0) is 11.6 Å². The van der Waals surface area contributed by atoms with E-state index in [1.807, 2.05) is 18.5 Å². The molecule has 10 heavy (non-hydrogen) atoms. The average Bonchev–Trinajstić information content (AvgIpc) is 2.34. The summed E-state index contributed by atoms with van der Waals surface area (Å²) in [5.74, 6) is 0. The zero-order valence-corrected chi connectivity index (χ0v) is 7.32. The predicted molar refractivity (Wildman–Crippen MR) is 48.6 cm³/mol. The van der Waals surface area contributed by atoms with Crippen LogP contribution >= 0.6 is 22.6 Å². The van der Waals surface area contributed by atoms with Crippen LogP contribution in [0.4, 0.5) is 0 Å². The van der Waals surface area contributed by atoms with Gasteiger partial charge in [0.25, 0.3) is 0 Å². The van der Waals surface area contributed by atoms with Gasteiger partial charge < -0.3 is 0 Å². The molecule has 1 aliphatic heterocycles. The number of hydrogen-bond acceptors (Lipinski definition) is 2. The number of aliphatic imine (C=N–C) groups is 1. The van der Waals surface area contributed by atoms with Crippen LogP contribution in [0, 0.1) is 0 Å². The molecule has 1 aliphatic rings. The molecule has 50 valence electrons. The minimum Gasteiger partial charge on any atom is -0.274 e. The summed E-state index contributed by atoms with van der Waals surface area (Å²) in [6.45, 7) is 0. The van der Waals surface area contributed by atoms with Gasteiger partial charge in [-0.1, -0.05) is 22.6 Å². The first-order chi connectivity index (χ1) is 4.88. The second-order valence-electron chi connectivity index (χ2n) is 2.12. The Kier molecular flexibility index (Phi) is 1.44. The van der Waals surface area contributed by atoms with E-state index in [0.29, 0.717) is 4.05 Å². The van der Waals surface area contributed by atoms with Gasteiger partial charge in [0, 0.05) is 24.2 Å². The molecule has 1 aromatic heterocycles. The lowest BCUT2D eigenvalue weighted by molar-refractivity contribution is 1.11. The number of aromatic nitrogens is 1. The molecule has 0 aliphatic carbocycles. The van der Waals surface area contributed by atoms with Crippen LogP contribution in [0.15, 0.2) is 23.5 Å². The summed E-state index contributed by atoms with van der Waals surface area (Å²) in [6.07, 6.45) is 5.52. The molecule has 0 fully saturated rings. The molecular formula is C7H5IN2. The van der Waals surface area contributed by atoms with E-state index >= 15 is 0 Å². The Bertz CT molecular complexity index is 283. The van der Waals surface area contributed by atoms with E-state index in [1.165, 1.54) is 5.56 Å². The van der Waals surface area contributed by atoms with Gasteiger partial charge in [0.1, 0.15) is 4.05 Å². The van der Waals surface area contributed by atoms with Crippen molar-refractivity contribution < 1.29 is 0 Å². The number of pyridine rings is 1. The SMILES string of the molecule is IC1N=Cc2cnccc21. The minimum absolute atomic E-state index is 0.301. The van der Waals surface area contributed by atoms with Crippen molar-refractivity contribution in [2.45, 2.75) is 4.05 Å². The smallest absolute Gasteiger partial charge is 0.127 e. The maximum absolute atomic E-state index is 4.23. The number of fused-ring (bicyclic) bond motifs is 1. The lowest BCUT2D eigenvalue weighted by Crippen LogP contribution is -1.85. The van der Waals surface area contributed by atoms with Gasteiger partial charge in [0.05, 0.1) is 0 Å². The van der Waals surface area contributed by atoms with Gasteiger partial charge in [-0.15, -0.1) is 0 Å². The standard InChI is InChI=1S/C7H5IN2/c8-7-6-1-2-9-3-5(6)4-10-7/h1-4,7H. The third-order valence-electron chi connectivity index (χ3n) is 1.49. The van der Waals surface area contributed by atoms with Gasteiger partial charge in [0.15, 0.2) is 0 Å². The molecule has 1 aromatic rings. The van der Waals surface area contributed by atoms with Gasteiger partial charge in [-0.25, -0.2) is 0 Å². The topological polar surface area (TPSA) is 25.2 Å². The van der Waals surface area contributed by atoms with E-state index in [0.717, 1.165) is 5.56 Å². The first kappa shape index (κ1) is 6.27. The second-order valence-corrected chi connectivity index (χ2v) is 3.30. The highest BCUT2D eigenvalue weighted by atomic mass is 127. The van der Waals surface area contributed by atoms with Crippen LogP contribution < -0.4 is 0 Å². The molecule has 2 rings (SSSR count). The molecule has 1 unspecified atom stereocenters. The molecular weight excluding hydrogens is 239 g/mol. The average molecular weight is 244 g/mol. The molecule has 0 radical (unpaired) electrons. The van der Waals surface area contributed by atoms with Crippen molar-refractivity contribution in [1.29, 1.82) is 0 Å². The third-order valence-corrected chi connectivity index (χ3v) is 2.48. The van der Waals surface area contributed by atoms with Crippen LogP contribution in [0.3, 0.4) is 0 Å². The van der Waals surface area contributed by atoms with Crippen molar-refractivity contribution >= 4 is 28.8 Å². The molecule has 2 heterocycles. The lowest BCUT2D eigenvalue weighted by Gasteiger charge is -1.97. The Labute approximate surface area is 72.5 Å². The van der Waals surface area contributed by atoms with Gasteiger partial charge in [-0.2, -0.15) is 0 Å². The molecule has 3 heteroatoms. The van der Waals surface area contributed by atoms with Crippen molar-refractivity contribution in [1.82, 2.24) is 4.98 Å². The molecule has 0 spiro atoms. The number of nitrogens with zero attached hydrogens (tertiary/aromatic N) is 2. The zero-order valence-electron chi connectivity index (χ0n) is 5.16. The summed E-state index contributed by atoms with van der Waals surface area (Å²) in [4.78, 5) is 8.22. The summed E-state index contributed by atoms with van der Waals surface area (Å²) < 4.78 is 0.301. The summed E-state index contributed by atoms with van der Waals surface area (Å²) >= 11 is 2.30. The second kappa shape index (κ2) is 2.30. The first-order valence-corrected chi connectivity index (χ1v) is 4.23. The van der Waals surface area contributed by atoms with Gasteiger partial charge in [-0.3, -0.25) is 9.98 Å². The molecule has 0 aromatic carbocycles. The fourth-order valence-electron chi connectivity index (χ4n) is 0.968. The molecule has 0 bridgehead atoms. The maximum atomic E-state index is 4.23. The molecule has 0 saturated heterocycles. The molecule has 0 saturated carbocycles. The molecule has 0 N–H and O–H groups in total. The van der Waals surface area contributed by atoms with Crippen molar-refractivity contribution in [3.05, 3.63) is 29.6 Å². The normalized spacial score (nSPS) is 21.1. The third kappa shape index (κ3) is 0.847. The van der Waals surface area contributed by atoms with E-state index in [4.69, 9.17) is 0 Å². The Hall–Kier alpha value is -0.450. The highest BCUT2D eigenvalue weighted by Crippen LogP contribution is 2.30. The fraction of sp³-hybridized carbons (Fsp3) is 0.143. The van der Waals surface area contributed by atoms with Crippen molar-refractivity contribution in [2.75, 3.05) is 0 Å². The number of alkyl halides is 1. The lowest BCUT2D eigenvalue weighted by atomic mass is 10.2. The Morgan fingerprint density at radius 1 is 1.50 bits per heavy atom. The number of rotatable bonds is 0. The van der Waals surface area contributed by atoms with Crippen molar-refractivity contribution in [2.24, 2.45) is 4.99 Å². The van der Waals surface area contributed by atoms with Crippen LogP contribution in [0.25, 0.3) is 0 Å². The molecule has 0 amide bonds. The zero-order chi connectivity index (χ0) is 6.97. The van der Waals surface area contributed by atoms with Gasteiger partial charge in [0.2, 0.25) is 0 Å². The van der Waals surface area contributed by atoms with E-state index in [-0.39, 0.29) is 0 Å². The summed E-state index contributed by atoms with van der Waals surface area (Å²) in [7, 11) is 0. The molecule has 1 atom stereocenters. The van der Waals surface area contributed by atoms with Crippen LogP contribution in [0.1, 0.15) is 15.2 Å². The fourth-order valence-corrected chi connectivity index (χ4v) is 1.70. The van der Waals surface area contributed by atoms with Crippen LogP contribution in [0.2, 0.25) is 0 Å². The Balaban J connectivity index is 2.59. The minimum atomic E-state index is 0.301. The maximum Gasteiger partial charge on any atom is 0.127 e. The Morgan fingerprint density at radius 3 is 3.20 bits per heavy atom. The Morgan fingerprint density at radius 2 is 2.40 bits per heavy atom. The van der Waals surface area contributed by atoms with Crippen molar-refractivity contribution in [3.63, 3.8) is 0 Å². The quantitative estimate of drug-likeness (QED) is 0.389. The number of hydrogen-bond donors (Lipinski definition) is 0. The van der Waals surface area contributed by atoms with E-state index in [1.54, 1.807) is 6.20 Å². The highest BCUT2D eigenvalue weighted by Gasteiger charge is 2.13. The van der Waals surface area contributed by atoms with Crippen LogP contribution in [-0.2, 0) is 0 Å². The summed E-state index contributed by atoms with van der Waals surface area (Å²) in [5, 5.41) is 0. The largest absolute Gasteiger partial charge is 0.274 e. The first-order valence-electron chi connectivity index (χ1n) is 2.99. The molecule has 2 nitrogen and oxygen atoms in total. The van der Waals surface area contributed by atoms with Crippen molar-refractivity contribution in [3.8, 4) is 0 Å². The van der Waals surface area contributed by atoms with E-state index in [2.05, 4.69) is 32.6 Å². The van der Waals surface area contributed by atoms with Gasteiger partial charge >= 0.3 is 0 Å². The van der Waals surface area contributed by atoms with E-state index in [9.17, 15) is 0 Å². The summed E-state index contributed by atoms with van der Waals surface area (Å²) in [5.41, 5.74) is 2.43. The van der Waals surface area contributed by atoms with Crippen LogP contribution in [0.5, 0.6) is 0 Å². The highest BCUT2D eigenvalue weighted by molar-refractivity contribution is 14.1. The predicted octanol–water partition coefficient (Wildman–Crippen LogP) is 1.95. The van der Waals surface area contributed by atoms with E-state index < -0.39 is 0 Å².